The number of carboxylic acids is 1. The number of rotatable bonds is 2. The summed E-state index contributed by atoms with van der Waals surface area (Å²) in [4.78, 5) is 21.6. The van der Waals surface area contributed by atoms with Crippen LogP contribution in [0.25, 0.3) is 0 Å². The van der Waals surface area contributed by atoms with Crippen LogP contribution in [0.15, 0.2) is 12.2 Å². The van der Waals surface area contributed by atoms with Gasteiger partial charge in [-0.3, -0.25) is 4.79 Å². The number of hydrogen-bond acceptors (Lipinski definition) is 4. The van der Waals surface area contributed by atoms with Crippen molar-refractivity contribution in [1.29, 1.82) is 0 Å². The van der Waals surface area contributed by atoms with Crippen LogP contribution in [0, 0.1) is 11.8 Å². The number of primary amides is 1. The minimum absolute atomic E-state index is 0.481. The van der Waals surface area contributed by atoms with Gasteiger partial charge in [0.05, 0.1) is 18.1 Å². The first-order valence-electron chi connectivity index (χ1n) is 3.95. The minimum Gasteiger partial charge on any atom is -0.550 e. The molecule has 0 saturated carbocycles. The third-order valence-electron chi connectivity index (χ3n) is 2.50. The van der Waals surface area contributed by atoms with E-state index < -0.39 is 35.9 Å². The van der Waals surface area contributed by atoms with E-state index in [-0.39, 0.29) is 0 Å². The second kappa shape index (κ2) is 2.56. The van der Waals surface area contributed by atoms with Crippen molar-refractivity contribution in [3.05, 3.63) is 12.2 Å². The fraction of sp³-hybridized carbons (Fsp3) is 0.500. The number of fused-ring (bicyclic) bond motifs is 2. The average molecular weight is 182 g/mol. The largest absolute Gasteiger partial charge is 0.550 e. The monoisotopic (exact) mass is 182 g/mol. The third-order valence-corrected chi connectivity index (χ3v) is 2.50. The van der Waals surface area contributed by atoms with Gasteiger partial charge in [0.25, 0.3) is 0 Å². The van der Waals surface area contributed by atoms with Crippen molar-refractivity contribution in [2.24, 2.45) is 17.6 Å². The summed E-state index contributed by atoms with van der Waals surface area (Å²) in [6, 6.07) is 0. The highest BCUT2D eigenvalue weighted by Gasteiger charge is 2.49. The maximum Gasteiger partial charge on any atom is 0.224 e. The van der Waals surface area contributed by atoms with Gasteiger partial charge in [0.2, 0.25) is 5.91 Å². The van der Waals surface area contributed by atoms with E-state index in [0.717, 1.165) is 0 Å². The van der Waals surface area contributed by atoms with Crippen LogP contribution in [0.2, 0.25) is 0 Å². The summed E-state index contributed by atoms with van der Waals surface area (Å²) in [6.07, 6.45) is 2.27. The second-order valence-electron chi connectivity index (χ2n) is 3.22. The highest BCUT2D eigenvalue weighted by Crippen LogP contribution is 2.38. The molecule has 0 aromatic heterocycles. The number of aliphatic carboxylic acids is 1. The molecule has 4 atom stereocenters. The lowest BCUT2D eigenvalue weighted by Gasteiger charge is -2.22. The van der Waals surface area contributed by atoms with Gasteiger partial charge in [-0.1, -0.05) is 12.2 Å². The molecule has 13 heavy (non-hydrogen) atoms. The molecule has 1 saturated heterocycles. The molecule has 4 unspecified atom stereocenters. The lowest BCUT2D eigenvalue weighted by molar-refractivity contribution is -0.313. The van der Waals surface area contributed by atoms with E-state index in [1.807, 2.05) is 0 Å². The number of carbonyl (C=O) groups is 2. The van der Waals surface area contributed by atoms with Crippen LogP contribution in [0.1, 0.15) is 0 Å². The van der Waals surface area contributed by atoms with Crippen molar-refractivity contribution in [2.75, 3.05) is 0 Å². The van der Waals surface area contributed by atoms with Crippen molar-refractivity contribution in [1.82, 2.24) is 0 Å². The number of carbonyl (C=O) groups excluding carboxylic acids is 2. The number of hydrogen-bond donors (Lipinski definition) is 1. The standard InChI is InChI=1S/C8H9NO4/c9-7(10)5-3-1-2-4(13-3)6(5)8(11)12/h1-6H,(H2,9,10)(H,11,12)/p-1. The van der Waals surface area contributed by atoms with Crippen LogP contribution in [-0.4, -0.2) is 24.1 Å². The number of nitrogens with two attached hydrogens (primary N) is 1. The van der Waals surface area contributed by atoms with Crippen LogP contribution in [-0.2, 0) is 14.3 Å². The Bertz CT molecular complexity index is 271. The second-order valence-corrected chi connectivity index (χ2v) is 3.22. The molecule has 1 fully saturated rings. The zero-order valence-corrected chi connectivity index (χ0v) is 6.67. The lowest BCUT2D eigenvalue weighted by Crippen LogP contribution is -2.45. The molecular weight excluding hydrogens is 174 g/mol. The van der Waals surface area contributed by atoms with Gasteiger partial charge in [-0.05, 0) is 0 Å². The quantitative estimate of drug-likeness (QED) is 0.490. The molecule has 5 heteroatoms. The van der Waals surface area contributed by atoms with E-state index >= 15 is 0 Å². The fourth-order valence-electron chi connectivity index (χ4n) is 1.93. The van der Waals surface area contributed by atoms with Crippen molar-refractivity contribution in [2.45, 2.75) is 12.2 Å². The van der Waals surface area contributed by atoms with E-state index in [1.54, 1.807) is 12.2 Å². The maximum absolute atomic E-state index is 10.9. The van der Waals surface area contributed by atoms with Crippen LogP contribution in [0.3, 0.4) is 0 Å². The molecule has 2 bridgehead atoms. The maximum atomic E-state index is 10.9. The van der Waals surface area contributed by atoms with E-state index in [9.17, 15) is 14.7 Å². The molecule has 0 radical (unpaired) electrons. The van der Waals surface area contributed by atoms with E-state index in [1.165, 1.54) is 0 Å². The van der Waals surface area contributed by atoms with Crippen LogP contribution in [0.4, 0.5) is 0 Å². The van der Waals surface area contributed by atoms with Gasteiger partial charge in [0, 0.05) is 11.9 Å². The summed E-state index contributed by atoms with van der Waals surface area (Å²) in [5.74, 6) is -3.63. The van der Waals surface area contributed by atoms with Gasteiger partial charge in [-0.2, -0.15) is 0 Å². The molecule has 1 amide bonds. The molecule has 0 spiro atoms. The first-order chi connectivity index (χ1) is 6.11. The minimum atomic E-state index is -1.28. The van der Waals surface area contributed by atoms with Gasteiger partial charge in [-0.15, -0.1) is 0 Å². The summed E-state index contributed by atoms with van der Waals surface area (Å²) in [5.41, 5.74) is 5.07. The predicted molar refractivity (Wildman–Crippen MR) is 39.0 cm³/mol. The molecule has 70 valence electrons. The van der Waals surface area contributed by atoms with Crippen LogP contribution < -0.4 is 10.8 Å². The summed E-state index contributed by atoms with van der Waals surface area (Å²) in [5, 5.41) is 10.7. The van der Waals surface area contributed by atoms with Crippen molar-refractivity contribution < 1.29 is 19.4 Å². The Kier molecular flexibility index (Phi) is 1.63. The smallest absolute Gasteiger partial charge is 0.224 e. The van der Waals surface area contributed by atoms with Gasteiger partial charge >= 0.3 is 0 Å². The molecule has 0 aliphatic carbocycles. The van der Waals surface area contributed by atoms with Crippen molar-refractivity contribution in [3.8, 4) is 0 Å². The highest BCUT2D eigenvalue weighted by molar-refractivity contribution is 5.85. The zero-order valence-electron chi connectivity index (χ0n) is 6.67. The summed E-state index contributed by atoms with van der Waals surface area (Å²) in [7, 11) is 0. The first-order valence-corrected chi connectivity index (χ1v) is 3.95. The topological polar surface area (TPSA) is 92.5 Å². The molecule has 2 N–H and O–H groups in total. The van der Waals surface area contributed by atoms with E-state index in [0.29, 0.717) is 0 Å². The zero-order chi connectivity index (χ0) is 9.59. The van der Waals surface area contributed by atoms with Crippen LogP contribution >= 0.6 is 0 Å². The Morgan fingerprint density at radius 2 is 1.77 bits per heavy atom. The van der Waals surface area contributed by atoms with Gasteiger partial charge < -0.3 is 20.4 Å². The molecule has 0 aromatic carbocycles. The Labute approximate surface area is 74.2 Å². The van der Waals surface area contributed by atoms with Crippen molar-refractivity contribution >= 4 is 11.9 Å². The van der Waals surface area contributed by atoms with Crippen molar-refractivity contribution in [3.63, 3.8) is 0 Å². The molecule has 2 rings (SSSR count). The van der Waals surface area contributed by atoms with Gasteiger partial charge in [0.15, 0.2) is 0 Å². The molecular formula is C8H8NO4-. The number of amides is 1. The molecule has 2 heterocycles. The third kappa shape index (κ3) is 1.04. The fourth-order valence-corrected chi connectivity index (χ4v) is 1.93. The SMILES string of the molecule is NC(=O)C1C2C=CC(O2)C1C(=O)[O-]. The summed E-state index contributed by atoms with van der Waals surface area (Å²) in [6.45, 7) is 0. The number of carboxylic acid groups (broad SMARTS) is 1. The molecule has 2 aliphatic rings. The van der Waals surface area contributed by atoms with Crippen LogP contribution in [0.5, 0.6) is 0 Å². The molecule has 5 nitrogen and oxygen atoms in total. The number of ether oxygens (including phenoxy) is 1. The lowest BCUT2D eigenvalue weighted by atomic mass is 9.83. The van der Waals surface area contributed by atoms with Gasteiger partial charge in [0.1, 0.15) is 0 Å². The van der Waals surface area contributed by atoms with E-state index in [2.05, 4.69) is 0 Å². The Morgan fingerprint density at radius 3 is 2.15 bits per heavy atom. The van der Waals surface area contributed by atoms with E-state index in [4.69, 9.17) is 10.5 Å². The Morgan fingerprint density at radius 1 is 1.23 bits per heavy atom. The summed E-state index contributed by atoms with van der Waals surface area (Å²) >= 11 is 0. The average Bonchev–Trinajstić information content (AvgIpc) is 2.60. The summed E-state index contributed by atoms with van der Waals surface area (Å²) < 4.78 is 5.19. The highest BCUT2D eigenvalue weighted by atomic mass is 16.5. The van der Waals surface area contributed by atoms with Gasteiger partial charge in [-0.25, -0.2) is 0 Å². The first kappa shape index (κ1) is 8.25. The Hall–Kier alpha value is -1.36. The normalized spacial score (nSPS) is 40.9. The molecule has 0 aromatic rings. The predicted octanol–water partition coefficient (Wildman–Crippen LogP) is -2.21. The molecule has 2 aliphatic heterocycles. The Balaban J connectivity index is 2.30.